The minimum Gasteiger partial charge on any atom is -0.478 e. The van der Waals surface area contributed by atoms with Crippen molar-refractivity contribution in [2.75, 3.05) is 11.9 Å². The molecule has 0 heterocycles. The molecule has 0 saturated heterocycles. The molecule has 20 heavy (non-hydrogen) atoms. The maximum absolute atomic E-state index is 12.2. The Labute approximate surface area is 127 Å². The lowest BCUT2D eigenvalue weighted by Gasteiger charge is -2.26. The number of aromatic carboxylic acids is 1. The summed E-state index contributed by atoms with van der Waals surface area (Å²) in [6.07, 6.45) is 0.845. The van der Waals surface area contributed by atoms with E-state index >= 15 is 0 Å². The van der Waals surface area contributed by atoms with Gasteiger partial charge in [-0.25, -0.2) is 9.59 Å². The van der Waals surface area contributed by atoms with E-state index in [4.69, 9.17) is 5.11 Å². The Bertz CT molecular complexity index is 503. The zero-order chi connectivity index (χ0) is 15.3. The van der Waals surface area contributed by atoms with Crippen molar-refractivity contribution in [1.82, 2.24) is 4.90 Å². The average Bonchev–Trinajstić information content (AvgIpc) is 2.37. The molecule has 1 aromatic carbocycles. The standard InChI is InChI=1S/C14H19BrN2O3/c1-4-7-17(9(2)3)14(20)16-12-6-5-10(15)8-11(12)13(18)19/h5-6,8-9H,4,7H2,1-3H3,(H,16,20)(H,18,19). The molecule has 0 radical (unpaired) electrons. The quantitative estimate of drug-likeness (QED) is 0.854. The van der Waals surface area contributed by atoms with E-state index in [9.17, 15) is 9.59 Å². The van der Waals surface area contributed by atoms with Crippen molar-refractivity contribution in [2.45, 2.75) is 33.2 Å². The predicted octanol–water partition coefficient (Wildman–Crippen LogP) is 3.80. The SMILES string of the molecule is CCCN(C(=O)Nc1ccc(Br)cc1C(=O)O)C(C)C. The summed E-state index contributed by atoms with van der Waals surface area (Å²) in [7, 11) is 0. The second-order valence-corrected chi connectivity index (χ2v) is 5.63. The fourth-order valence-corrected chi connectivity index (χ4v) is 2.19. The van der Waals surface area contributed by atoms with Crippen molar-refractivity contribution < 1.29 is 14.7 Å². The molecule has 0 aliphatic rings. The molecule has 0 spiro atoms. The molecule has 0 fully saturated rings. The highest BCUT2D eigenvalue weighted by molar-refractivity contribution is 9.10. The first-order chi connectivity index (χ1) is 9.36. The van der Waals surface area contributed by atoms with E-state index in [1.54, 1.807) is 17.0 Å². The molecule has 0 bridgehead atoms. The number of carboxylic acids is 1. The van der Waals surface area contributed by atoms with Crippen molar-refractivity contribution in [3.8, 4) is 0 Å². The van der Waals surface area contributed by atoms with Crippen LogP contribution in [0.25, 0.3) is 0 Å². The van der Waals surface area contributed by atoms with E-state index in [0.29, 0.717) is 16.7 Å². The van der Waals surface area contributed by atoms with E-state index in [2.05, 4.69) is 21.2 Å². The van der Waals surface area contributed by atoms with E-state index in [0.717, 1.165) is 6.42 Å². The number of hydrogen-bond donors (Lipinski definition) is 2. The molecule has 0 aromatic heterocycles. The lowest BCUT2D eigenvalue weighted by atomic mass is 10.2. The van der Waals surface area contributed by atoms with E-state index in [-0.39, 0.29) is 17.6 Å². The number of rotatable bonds is 5. The zero-order valence-corrected chi connectivity index (χ0v) is 13.4. The van der Waals surface area contributed by atoms with Gasteiger partial charge in [0.25, 0.3) is 0 Å². The van der Waals surface area contributed by atoms with Gasteiger partial charge in [0.05, 0.1) is 11.3 Å². The summed E-state index contributed by atoms with van der Waals surface area (Å²) in [5.74, 6) is -1.08. The van der Waals surface area contributed by atoms with Gasteiger partial charge in [-0.15, -0.1) is 0 Å². The van der Waals surface area contributed by atoms with Crippen molar-refractivity contribution in [2.24, 2.45) is 0 Å². The number of hydrogen-bond acceptors (Lipinski definition) is 2. The number of benzene rings is 1. The van der Waals surface area contributed by atoms with Crippen LogP contribution in [0, 0.1) is 0 Å². The maximum atomic E-state index is 12.2. The molecule has 0 aliphatic carbocycles. The first-order valence-corrected chi connectivity index (χ1v) is 7.26. The normalized spacial score (nSPS) is 10.4. The second kappa shape index (κ2) is 7.28. The number of anilines is 1. The van der Waals surface area contributed by atoms with Crippen LogP contribution < -0.4 is 5.32 Å². The highest BCUT2D eigenvalue weighted by atomic mass is 79.9. The summed E-state index contributed by atoms with van der Waals surface area (Å²) in [5.41, 5.74) is 0.361. The third-order valence-electron chi connectivity index (χ3n) is 2.80. The van der Waals surface area contributed by atoms with Crippen LogP contribution in [0.5, 0.6) is 0 Å². The lowest BCUT2D eigenvalue weighted by Crippen LogP contribution is -2.40. The number of nitrogens with one attached hydrogen (secondary N) is 1. The smallest absolute Gasteiger partial charge is 0.337 e. The van der Waals surface area contributed by atoms with Crippen molar-refractivity contribution in [1.29, 1.82) is 0 Å². The van der Waals surface area contributed by atoms with Crippen LogP contribution in [0.1, 0.15) is 37.6 Å². The Morgan fingerprint density at radius 1 is 1.40 bits per heavy atom. The van der Waals surface area contributed by atoms with Gasteiger partial charge in [0.15, 0.2) is 0 Å². The zero-order valence-electron chi connectivity index (χ0n) is 11.8. The van der Waals surface area contributed by atoms with Crippen LogP contribution in [-0.4, -0.2) is 34.6 Å². The van der Waals surface area contributed by atoms with Crippen LogP contribution in [0.15, 0.2) is 22.7 Å². The lowest BCUT2D eigenvalue weighted by molar-refractivity contribution is 0.0698. The minimum absolute atomic E-state index is 0.0543. The van der Waals surface area contributed by atoms with Gasteiger partial charge in [-0.3, -0.25) is 0 Å². The van der Waals surface area contributed by atoms with Crippen molar-refractivity contribution in [3.63, 3.8) is 0 Å². The fourth-order valence-electron chi connectivity index (χ4n) is 1.82. The highest BCUT2D eigenvalue weighted by Crippen LogP contribution is 2.21. The number of carbonyl (C=O) groups is 2. The first-order valence-electron chi connectivity index (χ1n) is 6.47. The molecule has 110 valence electrons. The number of halogens is 1. The summed E-state index contributed by atoms with van der Waals surface area (Å²) >= 11 is 3.22. The van der Waals surface area contributed by atoms with Gasteiger partial charge in [0.2, 0.25) is 0 Å². The predicted molar refractivity (Wildman–Crippen MR) is 82.3 cm³/mol. The molecule has 2 amide bonds. The molecule has 0 saturated carbocycles. The summed E-state index contributed by atoms with van der Waals surface area (Å²) in [5, 5.41) is 11.8. The van der Waals surface area contributed by atoms with E-state index in [1.807, 2.05) is 20.8 Å². The van der Waals surface area contributed by atoms with Crippen LogP contribution in [0.3, 0.4) is 0 Å². The Morgan fingerprint density at radius 2 is 2.05 bits per heavy atom. The highest BCUT2D eigenvalue weighted by Gasteiger charge is 2.19. The van der Waals surface area contributed by atoms with Gasteiger partial charge in [-0.05, 0) is 38.5 Å². The summed E-state index contributed by atoms with van der Waals surface area (Å²) in [4.78, 5) is 25.1. The van der Waals surface area contributed by atoms with Crippen LogP contribution in [0.4, 0.5) is 10.5 Å². The van der Waals surface area contributed by atoms with E-state index in [1.165, 1.54) is 6.07 Å². The fraction of sp³-hybridized carbons (Fsp3) is 0.429. The molecule has 1 aromatic rings. The Kier molecular flexibility index (Phi) is 6.01. The van der Waals surface area contributed by atoms with Gasteiger partial charge in [-0.2, -0.15) is 0 Å². The first kappa shape index (κ1) is 16.5. The number of urea groups is 1. The van der Waals surface area contributed by atoms with Crippen LogP contribution >= 0.6 is 15.9 Å². The third-order valence-corrected chi connectivity index (χ3v) is 3.30. The van der Waals surface area contributed by atoms with Gasteiger partial charge >= 0.3 is 12.0 Å². The van der Waals surface area contributed by atoms with Gasteiger partial charge in [0.1, 0.15) is 0 Å². The minimum atomic E-state index is -1.08. The molecule has 2 N–H and O–H groups in total. The molecular weight excluding hydrogens is 324 g/mol. The second-order valence-electron chi connectivity index (χ2n) is 4.71. The van der Waals surface area contributed by atoms with E-state index < -0.39 is 5.97 Å². The van der Waals surface area contributed by atoms with Crippen molar-refractivity contribution >= 4 is 33.6 Å². The monoisotopic (exact) mass is 342 g/mol. The van der Waals surface area contributed by atoms with Crippen LogP contribution in [0.2, 0.25) is 0 Å². The Balaban J connectivity index is 2.97. The Hall–Kier alpha value is -1.56. The topological polar surface area (TPSA) is 69.6 Å². The molecule has 6 heteroatoms. The largest absolute Gasteiger partial charge is 0.478 e. The molecule has 0 unspecified atom stereocenters. The average molecular weight is 343 g/mol. The molecule has 0 atom stereocenters. The third kappa shape index (κ3) is 4.23. The molecule has 1 rings (SSSR count). The van der Waals surface area contributed by atoms with Crippen molar-refractivity contribution in [3.05, 3.63) is 28.2 Å². The summed E-state index contributed by atoms with van der Waals surface area (Å²) < 4.78 is 0.655. The Morgan fingerprint density at radius 3 is 2.55 bits per heavy atom. The van der Waals surface area contributed by atoms with Gasteiger partial charge in [0, 0.05) is 17.1 Å². The molecule has 5 nitrogen and oxygen atoms in total. The van der Waals surface area contributed by atoms with Gasteiger partial charge in [-0.1, -0.05) is 22.9 Å². The number of nitrogens with zero attached hydrogens (tertiary/aromatic N) is 1. The molecular formula is C14H19BrN2O3. The summed E-state index contributed by atoms with van der Waals surface area (Å²) in [6, 6.07) is 4.51. The van der Waals surface area contributed by atoms with Gasteiger partial charge < -0.3 is 15.3 Å². The number of carbonyl (C=O) groups excluding carboxylic acids is 1. The number of carboxylic acid groups (broad SMARTS) is 1. The molecule has 0 aliphatic heterocycles. The maximum Gasteiger partial charge on any atom is 0.337 e. The summed E-state index contributed by atoms with van der Waals surface area (Å²) in [6.45, 7) is 6.47. The van der Waals surface area contributed by atoms with Crippen LogP contribution in [-0.2, 0) is 0 Å². The number of amides is 2.